The van der Waals surface area contributed by atoms with Crippen molar-refractivity contribution >= 4 is 17.5 Å². The average Bonchev–Trinajstić information content (AvgIpc) is 2.26. The first kappa shape index (κ1) is 13.5. The van der Waals surface area contributed by atoms with Gasteiger partial charge in [-0.05, 0) is 26.0 Å². The maximum Gasteiger partial charge on any atom is 0.254 e. The topological polar surface area (TPSA) is 57.0 Å². The summed E-state index contributed by atoms with van der Waals surface area (Å²) >= 11 is 5.81. The first-order chi connectivity index (χ1) is 7.95. The number of aryl methyl sites for hydroxylation is 1. The minimum Gasteiger partial charge on any atom is -0.338 e. The Balaban J connectivity index is 2.93. The highest BCUT2D eigenvalue weighted by Crippen LogP contribution is 2.14. The van der Waals surface area contributed by atoms with Gasteiger partial charge in [0.15, 0.2) is 0 Å². The molecule has 1 aromatic rings. The SMILES string of the molecule is Cc1cc(C(=O)N(C)C(C)CC#N)cc(Cl)n1. The van der Waals surface area contributed by atoms with Gasteiger partial charge in [0.2, 0.25) is 0 Å². The first-order valence-electron chi connectivity index (χ1n) is 5.24. The zero-order valence-electron chi connectivity index (χ0n) is 10.1. The fraction of sp³-hybridized carbons (Fsp3) is 0.417. The number of nitriles is 1. The first-order valence-corrected chi connectivity index (χ1v) is 5.61. The van der Waals surface area contributed by atoms with Gasteiger partial charge in [0, 0.05) is 24.3 Å². The second-order valence-corrected chi connectivity index (χ2v) is 4.33. The molecule has 1 heterocycles. The van der Waals surface area contributed by atoms with E-state index in [2.05, 4.69) is 4.98 Å². The van der Waals surface area contributed by atoms with Crippen molar-refractivity contribution in [2.45, 2.75) is 26.3 Å². The zero-order chi connectivity index (χ0) is 13.0. The molecule has 5 heteroatoms. The van der Waals surface area contributed by atoms with Crippen molar-refractivity contribution in [3.8, 4) is 6.07 Å². The van der Waals surface area contributed by atoms with E-state index in [1.807, 2.05) is 13.0 Å². The van der Waals surface area contributed by atoms with Crippen molar-refractivity contribution in [2.75, 3.05) is 7.05 Å². The van der Waals surface area contributed by atoms with Crippen LogP contribution >= 0.6 is 11.6 Å². The Morgan fingerprint density at radius 1 is 1.65 bits per heavy atom. The number of halogens is 1. The van der Waals surface area contributed by atoms with Crippen LogP contribution < -0.4 is 0 Å². The number of hydrogen-bond donors (Lipinski definition) is 0. The van der Waals surface area contributed by atoms with Crippen LogP contribution in [-0.4, -0.2) is 28.9 Å². The molecule has 1 aromatic heterocycles. The maximum atomic E-state index is 12.1. The van der Waals surface area contributed by atoms with Crippen molar-refractivity contribution in [2.24, 2.45) is 0 Å². The predicted octanol–water partition coefficient (Wildman–Crippen LogP) is 2.42. The summed E-state index contributed by atoms with van der Waals surface area (Å²) in [6.07, 6.45) is 0.306. The molecule has 0 aromatic carbocycles. The van der Waals surface area contributed by atoms with E-state index in [1.165, 1.54) is 11.0 Å². The van der Waals surface area contributed by atoms with Crippen LogP contribution in [0.2, 0.25) is 5.15 Å². The zero-order valence-corrected chi connectivity index (χ0v) is 10.8. The molecule has 1 atom stereocenters. The Labute approximate surface area is 106 Å². The molecule has 0 saturated carbocycles. The van der Waals surface area contributed by atoms with Gasteiger partial charge in [-0.2, -0.15) is 5.26 Å². The highest BCUT2D eigenvalue weighted by Gasteiger charge is 2.18. The largest absolute Gasteiger partial charge is 0.338 e. The molecule has 0 N–H and O–H groups in total. The third-order valence-electron chi connectivity index (χ3n) is 2.54. The lowest BCUT2D eigenvalue weighted by Crippen LogP contribution is -2.34. The number of carbonyl (C=O) groups is 1. The fourth-order valence-electron chi connectivity index (χ4n) is 1.42. The van der Waals surface area contributed by atoms with Crippen molar-refractivity contribution in [3.63, 3.8) is 0 Å². The third kappa shape index (κ3) is 3.43. The molecule has 0 aliphatic heterocycles. The summed E-state index contributed by atoms with van der Waals surface area (Å²) in [6, 6.07) is 5.14. The van der Waals surface area contributed by atoms with E-state index in [4.69, 9.17) is 16.9 Å². The standard InChI is InChI=1S/C12H14ClN3O/c1-8-6-10(7-11(13)15-8)12(17)16(3)9(2)4-5-14/h6-7,9H,4H2,1-3H3. The van der Waals surface area contributed by atoms with E-state index < -0.39 is 0 Å². The molecular formula is C12H14ClN3O. The van der Waals surface area contributed by atoms with Gasteiger partial charge < -0.3 is 4.90 Å². The van der Waals surface area contributed by atoms with Gasteiger partial charge in [0.05, 0.1) is 12.5 Å². The molecule has 90 valence electrons. The van der Waals surface area contributed by atoms with Crippen molar-refractivity contribution in [1.29, 1.82) is 5.26 Å². The number of rotatable bonds is 3. The molecule has 17 heavy (non-hydrogen) atoms. The number of amides is 1. The smallest absolute Gasteiger partial charge is 0.254 e. The Morgan fingerprint density at radius 3 is 2.82 bits per heavy atom. The molecule has 0 radical (unpaired) electrons. The third-order valence-corrected chi connectivity index (χ3v) is 2.73. The van der Waals surface area contributed by atoms with Gasteiger partial charge in [-0.3, -0.25) is 4.79 Å². The van der Waals surface area contributed by atoms with Gasteiger partial charge in [-0.15, -0.1) is 0 Å². The van der Waals surface area contributed by atoms with Crippen LogP contribution in [0.3, 0.4) is 0 Å². The monoisotopic (exact) mass is 251 g/mol. The van der Waals surface area contributed by atoms with E-state index in [0.717, 1.165) is 0 Å². The summed E-state index contributed by atoms with van der Waals surface area (Å²) in [7, 11) is 1.67. The molecule has 0 bridgehead atoms. The van der Waals surface area contributed by atoms with Gasteiger partial charge in [0.25, 0.3) is 5.91 Å². The van der Waals surface area contributed by atoms with Gasteiger partial charge in [0.1, 0.15) is 5.15 Å². The van der Waals surface area contributed by atoms with Gasteiger partial charge in [-0.1, -0.05) is 11.6 Å². The molecule has 1 amide bonds. The summed E-state index contributed by atoms with van der Waals surface area (Å²) in [5, 5.41) is 8.91. The number of hydrogen-bond acceptors (Lipinski definition) is 3. The normalized spacial score (nSPS) is 11.7. The average molecular weight is 252 g/mol. The quantitative estimate of drug-likeness (QED) is 0.776. The second-order valence-electron chi connectivity index (χ2n) is 3.95. The molecule has 0 aliphatic rings. The van der Waals surface area contributed by atoms with E-state index in [9.17, 15) is 4.79 Å². The maximum absolute atomic E-state index is 12.1. The minimum atomic E-state index is -0.153. The van der Waals surface area contributed by atoms with Crippen LogP contribution in [0.1, 0.15) is 29.4 Å². The number of pyridine rings is 1. The van der Waals surface area contributed by atoms with E-state index >= 15 is 0 Å². The van der Waals surface area contributed by atoms with Crippen molar-refractivity contribution < 1.29 is 4.79 Å². The van der Waals surface area contributed by atoms with Crippen LogP contribution in [-0.2, 0) is 0 Å². The highest BCUT2D eigenvalue weighted by atomic mass is 35.5. The lowest BCUT2D eigenvalue weighted by molar-refractivity contribution is 0.0746. The van der Waals surface area contributed by atoms with E-state index in [0.29, 0.717) is 22.8 Å². The molecular weight excluding hydrogens is 238 g/mol. The molecule has 0 aliphatic carbocycles. The number of aromatic nitrogens is 1. The fourth-order valence-corrected chi connectivity index (χ4v) is 1.68. The Kier molecular flexibility index (Phi) is 4.47. The van der Waals surface area contributed by atoms with Crippen LogP contribution in [0.15, 0.2) is 12.1 Å². The molecule has 0 spiro atoms. The van der Waals surface area contributed by atoms with E-state index in [-0.39, 0.29) is 11.9 Å². The van der Waals surface area contributed by atoms with Crippen LogP contribution in [0.5, 0.6) is 0 Å². The summed E-state index contributed by atoms with van der Waals surface area (Å²) in [5.41, 5.74) is 1.19. The molecule has 0 fully saturated rings. The van der Waals surface area contributed by atoms with Crippen molar-refractivity contribution in [3.05, 3.63) is 28.5 Å². The van der Waals surface area contributed by atoms with Crippen LogP contribution in [0, 0.1) is 18.3 Å². The predicted molar refractivity (Wildman–Crippen MR) is 65.8 cm³/mol. The van der Waals surface area contributed by atoms with E-state index in [1.54, 1.807) is 20.0 Å². The van der Waals surface area contributed by atoms with Crippen LogP contribution in [0.25, 0.3) is 0 Å². The summed E-state index contributed by atoms with van der Waals surface area (Å²) in [4.78, 5) is 17.6. The van der Waals surface area contributed by atoms with Crippen LogP contribution in [0.4, 0.5) is 0 Å². The van der Waals surface area contributed by atoms with Crippen molar-refractivity contribution in [1.82, 2.24) is 9.88 Å². The second kappa shape index (κ2) is 5.65. The summed E-state index contributed by atoms with van der Waals surface area (Å²) < 4.78 is 0. The lowest BCUT2D eigenvalue weighted by atomic mass is 10.1. The number of carbonyl (C=O) groups excluding carboxylic acids is 1. The lowest BCUT2D eigenvalue weighted by Gasteiger charge is -2.23. The summed E-state index contributed by atoms with van der Waals surface area (Å²) in [6.45, 7) is 3.61. The van der Waals surface area contributed by atoms with Gasteiger partial charge >= 0.3 is 0 Å². The Hall–Kier alpha value is -1.60. The Bertz CT molecular complexity index is 447. The molecule has 0 saturated heterocycles. The molecule has 1 rings (SSSR count). The molecule has 4 nitrogen and oxygen atoms in total. The number of nitrogens with zero attached hydrogens (tertiary/aromatic N) is 3. The molecule has 1 unspecified atom stereocenters. The minimum absolute atomic E-state index is 0.125. The van der Waals surface area contributed by atoms with Gasteiger partial charge in [-0.25, -0.2) is 4.98 Å². The Morgan fingerprint density at radius 2 is 2.29 bits per heavy atom. The highest BCUT2D eigenvalue weighted by molar-refractivity contribution is 6.29. The summed E-state index contributed by atoms with van der Waals surface area (Å²) in [5.74, 6) is -0.153.